The molecule has 0 radical (unpaired) electrons. The first-order valence-corrected chi connectivity index (χ1v) is 6.39. The quantitative estimate of drug-likeness (QED) is 0.448. The predicted octanol–water partition coefficient (Wildman–Crippen LogP) is 0.445. The van der Waals surface area contributed by atoms with Crippen LogP contribution in [-0.4, -0.2) is 24.9 Å². The molecular formula is C13H17FN4O2. The van der Waals surface area contributed by atoms with Gasteiger partial charge < -0.3 is 22.1 Å². The largest absolute Gasteiger partial charge is 0.398 e. The smallest absolute Gasteiger partial charge is 0.250 e. The number of anilines is 2. The lowest BCUT2D eigenvalue weighted by molar-refractivity contribution is -0.122. The fourth-order valence-corrected chi connectivity index (χ4v) is 1.81. The van der Waals surface area contributed by atoms with Crippen LogP contribution in [-0.2, 0) is 4.79 Å². The van der Waals surface area contributed by atoms with Crippen LogP contribution in [0, 0.1) is 11.7 Å². The van der Waals surface area contributed by atoms with E-state index in [0.29, 0.717) is 13.1 Å². The fourth-order valence-electron chi connectivity index (χ4n) is 1.81. The number of hydrogen-bond acceptors (Lipinski definition) is 4. The van der Waals surface area contributed by atoms with Gasteiger partial charge in [0.05, 0.1) is 11.3 Å². The number of hydrogen-bond donors (Lipinski definition) is 4. The van der Waals surface area contributed by atoms with Crippen molar-refractivity contribution >= 4 is 23.2 Å². The predicted molar refractivity (Wildman–Crippen MR) is 73.6 cm³/mol. The highest BCUT2D eigenvalue weighted by Gasteiger charge is 2.28. The summed E-state index contributed by atoms with van der Waals surface area (Å²) < 4.78 is 13.6. The number of benzene rings is 1. The van der Waals surface area contributed by atoms with E-state index in [1.165, 1.54) is 6.07 Å². The second-order valence-corrected chi connectivity index (χ2v) is 4.78. The van der Waals surface area contributed by atoms with Crippen LogP contribution in [0.2, 0.25) is 0 Å². The number of carbonyl (C=O) groups excluding carboxylic acids is 2. The summed E-state index contributed by atoms with van der Waals surface area (Å²) in [6.07, 6.45) is 1.88. The number of amides is 2. The molecule has 0 aromatic heterocycles. The lowest BCUT2D eigenvalue weighted by Gasteiger charge is -2.11. The Morgan fingerprint density at radius 2 is 2.00 bits per heavy atom. The summed E-state index contributed by atoms with van der Waals surface area (Å²) >= 11 is 0. The molecule has 7 heteroatoms. The van der Waals surface area contributed by atoms with Gasteiger partial charge in [0.25, 0.3) is 5.91 Å². The van der Waals surface area contributed by atoms with E-state index in [0.717, 1.165) is 18.9 Å². The summed E-state index contributed by atoms with van der Waals surface area (Å²) in [6.45, 7) is 0.725. The highest BCUT2D eigenvalue weighted by molar-refractivity contribution is 5.99. The summed E-state index contributed by atoms with van der Waals surface area (Å²) in [6, 6.07) is 2.32. The summed E-state index contributed by atoms with van der Waals surface area (Å²) in [5, 5.41) is 5.54. The molecule has 0 aliphatic heterocycles. The van der Waals surface area contributed by atoms with Crippen LogP contribution >= 0.6 is 0 Å². The molecule has 20 heavy (non-hydrogen) atoms. The van der Waals surface area contributed by atoms with Gasteiger partial charge in [-0.05, 0) is 25.0 Å². The van der Waals surface area contributed by atoms with Crippen molar-refractivity contribution in [3.05, 3.63) is 23.5 Å². The molecule has 0 saturated heterocycles. The maximum absolute atomic E-state index is 13.6. The molecule has 0 unspecified atom stereocenters. The third kappa shape index (κ3) is 3.37. The Kier molecular flexibility index (Phi) is 4.07. The number of nitrogens with two attached hydrogens (primary N) is 2. The zero-order chi connectivity index (χ0) is 14.7. The average Bonchev–Trinajstić information content (AvgIpc) is 3.20. The van der Waals surface area contributed by atoms with Gasteiger partial charge in [-0.2, -0.15) is 0 Å². The molecule has 0 heterocycles. The Morgan fingerprint density at radius 1 is 1.30 bits per heavy atom. The number of rotatable bonds is 6. The minimum Gasteiger partial charge on any atom is -0.398 e. The first-order chi connectivity index (χ1) is 9.49. The summed E-state index contributed by atoms with van der Waals surface area (Å²) in [7, 11) is 0. The van der Waals surface area contributed by atoms with E-state index in [1.807, 2.05) is 0 Å². The normalized spacial score (nSPS) is 13.8. The molecule has 1 aliphatic carbocycles. The van der Waals surface area contributed by atoms with Crippen LogP contribution in [0.25, 0.3) is 0 Å². The third-order valence-electron chi connectivity index (χ3n) is 3.09. The fraction of sp³-hybridized carbons (Fsp3) is 0.385. The second kappa shape index (κ2) is 5.77. The van der Waals surface area contributed by atoms with Gasteiger partial charge in [0.1, 0.15) is 5.82 Å². The average molecular weight is 280 g/mol. The van der Waals surface area contributed by atoms with Gasteiger partial charge in [-0.1, -0.05) is 0 Å². The van der Waals surface area contributed by atoms with Crippen LogP contribution in [0.1, 0.15) is 23.2 Å². The topological polar surface area (TPSA) is 110 Å². The van der Waals surface area contributed by atoms with Crippen molar-refractivity contribution in [3.8, 4) is 0 Å². The molecule has 108 valence electrons. The summed E-state index contributed by atoms with van der Waals surface area (Å²) in [5.74, 6) is -1.11. The number of carbonyl (C=O) groups is 2. The Bertz CT molecular complexity index is 543. The Labute approximate surface area is 115 Å². The number of nitrogens with one attached hydrogen (secondary N) is 2. The second-order valence-electron chi connectivity index (χ2n) is 4.78. The molecule has 6 nitrogen and oxygen atoms in total. The first kappa shape index (κ1) is 14.1. The van der Waals surface area contributed by atoms with Crippen molar-refractivity contribution in [2.75, 3.05) is 24.1 Å². The summed E-state index contributed by atoms with van der Waals surface area (Å²) in [4.78, 5) is 22.5. The molecule has 0 atom stereocenters. The minimum atomic E-state index is -0.715. The van der Waals surface area contributed by atoms with Crippen LogP contribution in [0.5, 0.6) is 0 Å². The number of nitrogen functional groups attached to an aromatic ring is 1. The van der Waals surface area contributed by atoms with Crippen molar-refractivity contribution in [2.24, 2.45) is 11.7 Å². The molecular weight excluding hydrogens is 263 g/mol. The maximum Gasteiger partial charge on any atom is 0.250 e. The van der Waals surface area contributed by atoms with Crippen molar-refractivity contribution in [3.63, 3.8) is 0 Å². The van der Waals surface area contributed by atoms with Gasteiger partial charge >= 0.3 is 0 Å². The highest BCUT2D eigenvalue weighted by atomic mass is 19.1. The molecule has 2 amide bonds. The zero-order valence-electron chi connectivity index (χ0n) is 10.9. The number of halogens is 1. The maximum atomic E-state index is 13.6. The lowest BCUT2D eigenvalue weighted by atomic mass is 10.1. The Morgan fingerprint density at radius 3 is 2.60 bits per heavy atom. The van der Waals surface area contributed by atoms with E-state index < -0.39 is 11.7 Å². The van der Waals surface area contributed by atoms with Crippen molar-refractivity contribution < 1.29 is 14.0 Å². The van der Waals surface area contributed by atoms with E-state index in [9.17, 15) is 14.0 Å². The minimum absolute atomic E-state index is 0.00239. The molecule has 6 N–H and O–H groups in total. The molecule has 1 aromatic carbocycles. The van der Waals surface area contributed by atoms with E-state index in [2.05, 4.69) is 10.6 Å². The van der Waals surface area contributed by atoms with Crippen molar-refractivity contribution in [1.82, 2.24) is 5.32 Å². The van der Waals surface area contributed by atoms with E-state index in [-0.39, 0.29) is 28.8 Å². The van der Waals surface area contributed by atoms with Gasteiger partial charge in [0.15, 0.2) is 0 Å². The van der Waals surface area contributed by atoms with E-state index in [1.54, 1.807) is 0 Å². The van der Waals surface area contributed by atoms with Gasteiger partial charge in [-0.3, -0.25) is 9.59 Å². The monoisotopic (exact) mass is 280 g/mol. The van der Waals surface area contributed by atoms with E-state index >= 15 is 0 Å². The molecule has 0 spiro atoms. The first-order valence-electron chi connectivity index (χ1n) is 6.39. The molecule has 1 fully saturated rings. The SMILES string of the molecule is NC(=O)c1cc(NCCNC(=O)C2CC2)c(F)cc1N. The zero-order valence-corrected chi connectivity index (χ0v) is 10.9. The van der Waals surface area contributed by atoms with Crippen LogP contribution in [0.4, 0.5) is 15.8 Å². The molecule has 1 aromatic rings. The molecule has 1 saturated carbocycles. The Hall–Kier alpha value is -2.31. The standard InChI is InChI=1S/C13H17FN4O2/c14-9-6-10(15)8(12(16)19)5-11(9)17-3-4-18-13(20)7-1-2-7/h5-7,17H,1-4,15H2,(H2,16,19)(H,18,20). The van der Waals surface area contributed by atoms with Crippen LogP contribution in [0.3, 0.4) is 0 Å². The molecule has 1 aliphatic rings. The van der Waals surface area contributed by atoms with Crippen LogP contribution in [0.15, 0.2) is 12.1 Å². The van der Waals surface area contributed by atoms with Gasteiger partial charge in [0, 0.05) is 24.7 Å². The van der Waals surface area contributed by atoms with Gasteiger partial charge in [-0.15, -0.1) is 0 Å². The number of primary amides is 1. The van der Waals surface area contributed by atoms with E-state index in [4.69, 9.17) is 11.5 Å². The lowest BCUT2D eigenvalue weighted by Crippen LogP contribution is -2.30. The third-order valence-corrected chi connectivity index (χ3v) is 3.09. The molecule has 2 rings (SSSR count). The Balaban J connectivity index is 1.89. The van der Waals surface area contributed by atoms with Crippen molar-refractivity contribution in [1.29, 1.82) is 0 Å². The highest BCUT2D eigenvalue weighted by Crippen LogP contribution is 2.28. The van der Waals surface area contributed by atoms with Gasteiger partial charge in [-0.25, -0.2) is 4.39 Å². The molecule has 0 bridgehead atoms. The summed E-state index contributed by atoms with van der Waals surface area (Å²) in [5.41, 5.74) is 10.8. The van der Waals surface area contributed by atoms with Gasteiger partial charge in [0.2, 0.25) is 5.91 Å². The van der Waals surface area contributed by atoms with Crippen LogP contribution < -0.4 is 22.1 Å². The van der Waals surface area contributed by atoms with Crippen molar-refractivity contribution in [2.45, 2.75) is 12.8 Å².